The van der Waals surface area contributed by atoms with E-state index >= 15 is 0 Å². The van der Waals surface area contributed by atoms with Gasteiger partial charge in [-0.25, -0.2) is 0 Å². The summed E-state index contributed by atoms with van der Waals surface area (Å²) < 4.78 is 5.29. The highest BCUT2D eigenvalue weighted by Crippen LogP contribution is 2.18. The van der Waals surface area contributed by atoms with Gasteiger partial charge >= 0.3 is 5.97 Å². The van der Waals surface area contributed by atoms with Gasteiger partial charge in [-0.15, -0.1) is 0 Å². The van der Waals surface area contributed by atoms with Gasteiger partial charge in [0.2, 0.25) is 5.91 Å². The summed E-state index contributed by atoms with van der Waals surface area (Å²) in [7, 11) is 0. The maximum atomic E-state index is 11.6. The molecule has 1 saturated carbocycles. The Morgan fingerprint density at radius 1 is 1.39 bits per heavy atom. The fraction of sp³-hybridized carbons (Fsp3) is 0.833. The van der Waals surface area contributed by atoms with Gasteiger partial charge in [-0.1, -0.05) is 0 Å². The molecule has 0 radical (unpaired) electrons. The Morgan fingerprint density at radius 3 is 2.83 bits per heavy atom. The van der Waals surface area contributed by atoms with E-state index in [4.69, 9.17) is 9.84 Å². The molecule has 2 N–H and O–H groups in total. The third-order valence-electron chi connectivity index (χ3n) is 3.33. The van der Waals surface area contributed by atoms with Crippen LogP contribution in [0.2, 0.25) is 0 Å². The number of rotatable bonds is 6. The second-order valence-electron chi connectivity index (χ2n) is 4.95. The normalized spacial score (nSPS) is 24.8. The topological polar surface area (TPSA) is 78.9 Å². The SMILES string of the molecule is O=C(O)CC1COCCN1CCC(=O)NC1CC1. The van der Waals surface area contributed by atoms with Crippen LogP contribution in [0.25, 0.3) is 0 Å². The molecule has 2 rings (SSSR count). The number of nitrogens with zero attached hydrogens (tertiary/aromatic N) is 1. The molecule has 6 nitrogen and oxygen atoms in total. The van der Waals surface area contributed by atoms with Crippen molar-refractivity contribution in [3.8, 4) is 0 Å². The molecule has 1 amide bonds. The zero-order valence-corrected chi connectivity index (χ0v) is 10.4. The van der Waals surface area contributed by atoms with Crippen molar-refractivity contribution in [2.45, 2.75) is 37.8 Å². The maximum absolute atomic E-state index is 11.6. The van der Waals surface area contributed by atoms with Crippen molar-refractivity contribution in [2.24, 2.45) is 0 Å². The van der Waals surface area contributed by atoms with Crippen LogP contribution in [0.4, 0.5) is 0 Å². The lowest BCUT2D eigenvalue weighted by atomic mass is 10.1. The quantitative estimate of drug-likeness (QED) is 0.690. The molecule has 1 aliphatic heterocycles. The highest BCUT2D eigenvalue weighted by molar-refractivity contribution is 5.76. The number of amides is 1. The molecule has 2 fully saturated rings. The highest BCUT2D eigenvalue weighted by Gasteiger charge is 2.27. The molecule has 1 unspecified atom stereocenters. The van der Waals surface area contributed by atoms with Gasteiger partial charge < -0.3 is 15.2 Å². The number of carbonyl (C=O) groups excluding carboxylic acids is 1. The summed E-state index contributed by atoms with van der Waals surface area (Å²) >= 11 is 0. The lowest BCUT2D eigenvalue weighted by molar-refractivity contribution is -0.140. The second-order valence-corrected chi connectivity index (χ2v) is 4.95. The fourth-order valence-electron chi connectivity index (χ4n) is 2.15. The first-order chi connectivity index (χ1) is 8.65. The molecule has 1 aliphatic carbocycles. The highest BCUT2D eigenvalue weighted by atomic mass is 16.5. The number of ether oxygens (including phenoxy) is 1. The monoisotopic (exact) mass is 256 g/mol. The summed E-state index contributed by atoms with van der Waals surface area (Å²) in [4.78, 5) is 24.4. The molecule has 1 atom stereocenters. The summed E-state index contributed by atoms with van der Waals surface area (Å²) in [5.41, 5.74) is 0. The van der Waals surface area contributed by atoms with E-state index in [2.05, 4.69) is 5.32 Å². The molecular weight excluding hydrogens is 236 g/mol. The van der Waals surface area contributed by atoms with Gasteiger partial charge in [0.15, 0.2) is 0 Å². The van der Waals surface area contributed by atoms with E-state index in [1.807, 2.05) is 4.90 Å². The number of hydrogen-bond acceptors (Lipinski definition) is 4. The zero-order valence-electron chi connectivity index (χ0n) is 10.4. The van der Waals surface area contributed by atoms with E-state index < -0.39 is 5.97 Å². The van der Waals surface area contributed by atoms with E-state index in [9.17, 15) is 9.59 Å². The van der Waals surface area contributed by atoms with Crippen molar-refractivity contribution in [2.75, 3.05) is 26.3 Å². The molecule has 0 spiro atoms. The molecular formula is C12H20N2O4. The third kappa shape index (κ3) is 4.27. The summed E-state index contributed by atoms with van der Waals surface area (Å²) in [6.45, 7) is 2.37. The lowest BCUT2D eigenvalue weighted by Gasteiger charge is -2.34. The number of carboxylic acids is 1. The number of morpholine rings is 1. The van der Waals surface area contributed by atoms with Crippen LogP contribution in [-0.2, 0) is 14.3 Å². The minimum Gasteiger partial charge on any atom is -0.481 e. The van der Waals surface area contributed by atoms with Crippen molar-refractivity contribution in [3.05, 3.63) is 0 Å². The van der Waals surface area contributed by atoms with E-state index in [0.29, 0.717) is 38.8 Å². The molecule has 0 bridgehead atoms. The Balaban J connectivity index is 1.73. The minimum absolute atomic E-state index is 0.0677. The summed E-state index contributed by atoms with van der Waals surface area (Å²) in [5.74, 6) is -0.754. The average Bonchev–Trinajstić information content (AvgIpc) is 3.11. The zero-order chi connectivity index (χ0) is 13.0. The maximum Gasteiger partial charge on any atom is 0.305 e. The fourth-order valence-corrected chi connectivity index (χ4v) is 2.15. The Hall–Kier alpha value is -1.14. The van der Waals surface area contributed by atoms with E-state index in [0.717, 1.165) is 12.8 Å². The van der Waals surface area contributed by atoms with Crippen molar-refractivity contribution in [3.63, 3.8) is 0 Å². The predicted molar refractivity (Wildman–Crippen MR) is 64.2 cm³/mol. The Kier molecular flexibility index (Phi) is 4.54. The van der Waals surface area contributed by atoms with E-state index in [1.54, 1.807) is 0 Å². The van der Waals surface area contributed by atoms with Crippen LogP contribution >= 0.6 is 0 Å². The number of carbonyl (C=O) groups is 2. The van der Waals surface area contributed by atoms with Crippen LogP contribution < -0.4 is 5.32 Å². The van der Waals surface area contributed by atoms with Crippen LogP contribution in [0, 0.1) is 0 Å². The number of carboxylic acid groups (broad SMARTS) is 1. The van der Waals surface area contributed by atoms with Crippen LogP contribution in [0.15, 0.2) is 0 Å². The van der Waals surface area contributed by atoms with Crippen molar-refractivity contribution < 1.29 is 19.4 Å². The van der Waals surface area contributed by atoms with Crippen LogP contribution in [0.3, 0.4) is 0 Å². The predicted octanol–water partition coefficient (Wildman–Crippen LogP) is -0.169. The minimum atomic E-state index is -0.821. The molecule has 1 heterocycles. The van der Waals surface area contributed by atoms with Gasteiger partial charge in [0.25, 0.3) is 0 Å². The summed E-state index contributed by atoms with van der Waals surface area (Å²) in [6, 6.07) is 0.280. The first-order valence-corrected chi connectivity index (χ1v) is 6.48. The molecule has 0 aromatic rings. The van der Waals surface area contributed by atoms with Crippen molar-refractivity contribution in [1.82, 2.24) is 10.2 Å². The standard InChI is InChI=1S/C12H20N2O4/c15-11(13-9-1-2-9)3-4-14-5-6-18-8-10(14)7-12(16)17/h9-10H,1-8H2,(H,13,15)(H,16,17). The molecule has 0 aromatic carbocycles. The second kappa shape index (κ2) is 6.15. The Bertz CT molecular complexity index is 317. The smallest absolute Gasteiger partial charge is 0.305 e. The largest absolute Gasteiger partial charge is 0.481 e. The van der Waals surface area contributed by atoms with Gasteiger partial charge in [0, 0.05) is 31.6 Å². The van der Waals surface area contributed by atoms with Gasteiger partial charge in [-0.2, -0.15) is 0 Å². The van der Waals surface area contributed by atoms with Gasteiger partial charge in [-0.05, 0) is 12.8 Å². The molecule has 0 aromatic heterocycles. The Morgan fingerprint density at radius 2 is 2.17 bits per heavy atom. The Labute approximate surface area is 106 Å². The number of hydrogen-bond donors (Lipinski definition) is 2. The number of aliphatic carboxylic acids is 1. The van der Waals surface area contributed by atoms with Gasteiger partial charge in [0.1, 0.15) is 0 Å². The molecule has 1 saturated heterocycles. The van der Waals surface area contributed by atoms with Crippen LogP contribution in [0.5, 0.6) is 0 Å². The van der Waals surface area contributed by atoms with E-state index in [-0.39, 0.29) is 18.4 Å². The van der Waals surface area contributed by atoms with Gasteiger partial charge in [0.05, 0.1) is 19.6 Å². The first kappa shape index (κ1) is 13.3. The first-order valence-electron chi connectivity index (χ1n) is 6.48. The number of nitrogens with one attached hydrogen (secondary N) is 1. The van der Waals surface area contributed by atoms with Gasteiger partial charge in [-0.3, -0.25) is 14.5 Å². The van der Waals surface area contributed by atoms with Crippen LogP contribution in [-0.4, -0.2) is 60.3 Å². The van der Waals surface area contributed by atoms with Crippen molar-refractivity contribution >= 4 is 11.9 Å². The summed E-state index contributed by atoms with van der Waals surface area (Å²) in [5, 5.41) is 11.8. The average molecular weight is 256 g/mol. The van der Waals surface area contributed by atoms with E-state index in [1.165, 1.54) is 0 Å². The molecule has 2 aliphatic rings. The third-order valence-corrected chi connectivity index (χ3v) is 3.33. The van der Waals surface area contributed by atoms with Crippen molar-refractivity contribution in [1.29, 1.82) is 0 Å². The molecule has 102 valence electrons. The lowest BCUT2D eigenvalue weighted by Crippen LogP contribution is -2.47. The molecule has 6 heteroatoms. The molecule has 18 heavy (non-hydrogen) atoms. The van der Waals surface area contributed by atoms with Crippen LogP contribution in [0.1, 0.15) is 25.7 Å². The summed E-state index contributed by atoms with van der Waals surface area (Å²) in [6.07, 6.45) is 2.69.